The summed E-state index contributed by atoms with van der Waals surface area (Å²) in [7, 11) is 8.06. The molecule has 1 aromatic heterocycles. The van der Waals surface area contributed by atoms with Gasteiger partial charge in [-0.2, -0.15) is 0 Å². The molecular formula is C35H39Cl2F2N4O2S+. The van der Waals surface area contributed by atoms with Gasteiger partial charge < -0.3 is 14.1 Å². The van der Waals surface area contributed by atoms with E-state index in [2.05, 4.69) is 35.0 Å². The van der Waals surface area contributed by atoms with Crippen LogP contribution in [0.3, 0.4) is 0 Å². The maximum atomic E-state index is 15.6. The third-order valence-electron chi connectivity index (χ3n) is 8.91. The summed E-state index contributed by atoms with van der Waals surface area (Å²) in [5, 5.41) is 1.26. The van der Waals surface area contributed by atoms with Crippen LogP contribution in [0.2, 0.25) is 10.0 Å². The first-order chi connectivity index (χ1) is 21.7. The second-order valence-corrected chi connectivity index (χ2v) is 14.8. The highest BCUT2D eigenvalue weighted by Crippen LogP contribution is 2.40. The van der Waals surface area contributed by atoms with E-state index in [0.29, 0.717) is 40.7 Å². The third-order valence-corrected chi connectivity index (χ3v) is 10.5. The fourth-order valence-electron chi connectivity index (χ4n) is 5.94. The van der Waals surface area contributed by atoms with Crippen LogP contribution in [-0.4, -0.2) is 72.2 Å². The molecule has 46 heavy (non-hydrogen) atoms. The first kappa shape index (κ1) is 34.2. The van der Waals surface area contributed by atoms with Gasteiger partial charge in [0.05, 0.1) is 51.2 Å². The highest BCUT2D eigenvalue weighted by Gasteiger charge is 2.32. The lowest BCUT2D eigenvalue weighted by atomic mass is 9.81. The van der Waals surface area contributed by atoms with Crippen molar-refractivity contribution in [2.45, 2.75) is 49.1 Å². The van der Waals surface area contributed by atoms with Crippen LogP contribution >= 0.6 is 35.0 Å². The molecule has 0 bridgehead atoms. The molecule has 0 spiro atoms. The number of hydrogen-bond acceptors (Lipinski definition) is 4. The zero-order valence-corrected chi connectivity index (χ0v) is 29.2. The molecule has 1 aliphatic heterocycles. The van der Waals surface area contributed by atoms with E-state index in [1.807, 2.05) is 16.7 Å². The molecule has 4 aromatic rings. The van der Waals surface area contributed by atoms with Gasteiger partial charge in [0, 0.05) is 58.9 Å². The minimum atomic E-state index is -0.580. The Kier molecular flexibility index (Phi) is 10.1. The van der Waals surface area contributed by atoms with Gasteiger partial charge in [0.2, 0.25) is 0 Å². The molecule has 1 amide bonds. The summed E-state index contributed by atoms with van der Waals surface area (Å²) in [6.07, 6.45) is 3.56. The standard InChI is InChI=1S/C35H39Cl2F2N4O2S/c1-35(2,23-7-12-28(36)31(19-23)45-6)32-20-40-34(42(32)25-10-8-24(38)9-11-25)46-21-27-29(37)17-22(18-30(27)39)33(44)41-15-13-26(14-16-41)43(3,4)5/h7-12,17-20,26H,13-16,21H2,1-6H3/q+1. The van der Waals surface area contributed by atoms with Crippen molar-refractivity contribution in [2.24, 2.45) is 0 Å². The quantitative estimate of drug-likeness (QED) is 0.131. The number of imidazole rings is 1. The van der Waals surface area contributed by atoms with Gasteiger partial charge in [-0.3, -0.25) is 9.36 Å². The molecule has 0 N–H and O–H groups in total. The predicted molar refractivity (Wildman–Crippen MR) is 182 cm³/mol. The van der Waals surface area contributed by atoms with Gasteiger partial charge in [-0.15, -0.1) is 0 Å². The maximum absolute atomic E-state index is 15.6. The number of amides is 1. The van der Waals surface area contributed by atoms with Crippen molar-refractivity contribution in [3.8, 4) is 11.4 Å². The van der Waals surface area contributed by atoms with E-state index < -0.39 is 11.2 Å². The third kappa shape index (κ3) is 7.08. The normalized spacial score (nSPS) is 14.5. The van der Waals surface area contributed by atoms with E-state index in [1.165, 1.54) is 30.0 Å². The topological polar surface area (TPSA) is 47.4 Å². The Morgan fingerprint density at radius 2 is 1.70 bits per heavy atom. The summed E-state index contributed by atoms with van der Waals surface area (Å²) >= 11 is 14.2. The second kappa shape index (κ2) is 13.6. The van der Waals surface area contributed by atoms with Crippen molar-refractivity contribution in [2.75, 3.05) is 41.3 Å². The molecule has 0 unspecified atom stereocenters. The van der Waals surface area contributed by atoms with E-state index in [1.54, 1.807) is 42.5 Å². The number of rotatable bonds is 9. The fraction of sp³-hybridized carbons (Fsp3) is 0.371. The van der Waals surface area contributed by atoms with Crippen LogP contribution in [0.1, 0.15) is 53.9 Å². The lowest BCUT2D eigenvalue weighted by Crippen LogP contribution is -2.52. The van der Waals surface area contributed by atoms with Crippen LogP contribution in [0, 0.1) is 11.6 Å². The highest BCUT2D eigenvalue weighted by atomic mass is 35.5. The number of methoxy groups -OCH3 is 1. The fourth-order valence-corrected chi connectivity index (χ4v) is 7.52. The minimum Gasteiger partial charge on any atom is -0.495 e. The average molecular weight is 689 g/mol. The number of quaternary nitrogens is 1. The summed E-state index contributed by atoms with van der Waals surface area (Å²) < 4.78 is 37.8. The maximum Gasteiger partial charge on any atom is 0.254 e. The Morgan fingerprint density at radius 1 is 1.02 bits per heavy atom. The number of carbonyl (C=O) groups is 1. The summed E-state index contributed by atoms with van der Waals surface area (Å²) in [4.78, 5) is 19.8. The van der Waals surface area contributed by atoms with E-state index >= 15 is 4.39 Å². The van der Waals surface area contributed by atoms with Crippen molar-refractivity contribution >= 4 is 40.9 Å². The van der Waals surface area contributed by atoms with Crippen LogP contribution in [-0.2, 0) is 11.2 Å². The Bertz CT molecular complexity index is 1710. The second-order valence-electron chi connectivity index (χ2n) is 13.1. The van der Waals surface area contributed by atoms with Crippen LogP contribution in [0.5, 0.6) is 5.75 Å². The van der Waals surface area contributed by atoms with Gasteiger partial charge in [-0.1, -0.05) is 54.9 Å². The first-order valence-corrected chi connectivity index (χ1v) is 16.8. The Hall–Kier alpha value is -3.11. The van der Waals surface area contributed by atoms with Crippen LogP contribution < -0.4 is 4.74 Å². The number of aromatic nitrogens is 2. The van der Waals surface area contributed by atoms with Crippen molar-refractivity contribution in [3.05, 3.63) is 105 Å². The Morgan fingerprint density at radius 3 is 2.30 bits per heavy atom. The number of halogens is 4. The number of nitrogens with zero attached hydrogens (tertiary/aromatic N) is 4. The molecule has 2 heterocycles. The number of likely N-dealkylation sites (tertiary alicyclic amines) is 1. The minimum absolute atomic E-state index is 0.168. The summed E-state index contributed by atoms with van der Waals surface area (Å²) in [6, 6.07) is 15.1. The van der Waals surface area contributed by atoms with Crippen LogP contribution in [0.15, 0.2) is 66.0 Å². The summed E-state index contributed by atoms with van der Waals surface area (Å²) in [5.41, 5.74) is 2.41. The molecule has 11 heteroatoms. The summed E-state index contributed by atoms with van der Waals surface area (Å²) in [6.45, 7) is 5.36. The molecule has 0 atom stereocenters. The van der Waals surface area contributed by atoms with Gasteiger partial charge in [-0.05, 0) is 54.1 Å². The molecule has 0 saturated carbocycles. The Balaban J connectivity index is 1.41. The number of thioether (sulfide) groups is 1. The van der Waals surface area contributed by atoms with E-state index in [4.69, 9.17) is 32.9 Å². The number of ether oxygens (including phenoxy) is 1. The molecular weight excluding hydrogens is 649 g/mol. The summed E-state index contributed by atoms with van der Waals surface area (Å²) in [5.74, 6) is -0.394. The van der Waals surface area contributed by atoms with Crippen molar-refractivity contribution < 1.29 is 22.8 Å². The lowest BCUT2D eigenvalue weighted by molar-refractivity contribution is -0.897. The van der Waals surface area contributed by atoms with Crippen molar-refractivity contribution in [1.29, 1.82) is 0 Å². The molecule has 1 saturated heterocycles. The van der Waals surface area contributed by atoms with Crippen LogP contribution in [0.25, 0.3) is 5.69 Å². The molecule has 6 nitrogen and oxygen atoms in total. The number of piperidine rings is 1. The molecule has 1 fully saturated rings. The molecule has 244 valence electrons. The first-order valence-electron chi connectivity index (χ1n) is 15.1. The monoisotopic (exact) mass is 687 g/mol. The van der Waals surface area contributed by atoms with Gasteiger partial charge in [0.25, 0.3) is 5.91 Å². The lowest BCUT2D eigenvalue weighted by Gasteiger charge is -2.40. The van der Waals surface area contributed by atoms with Crippen molar-refractivity contribution in [1.82, 2.24) is 14.5 Å². The molecule has 0 aliphatic carbocycles. The molecule has 1 aliphatic rings. The Labute approximate surface area is 283 Å². The van der Waals surface area contributed by atoms with Gasteiger partial charge in [0.1, 0.15) is 17.4 Å². The highest BCUT2D eigenvalue weighted by molar-refractivity contribution is 7.98. The molecule has 3 aromatic carbocycles. The smallest absolute Gasteiger partial charge is 0.254 e. The van der Waals surface area contributed by atoms with Crippen molar-refractivity contribution in [3.63, 3.8) is 0 Å². The largest absolute Gasteiger partial charge is 0.495 e. The number of benzene rings is 3. The molecule has 5 rings (SSSR count). The van der Waals surface area contributed by atoms with Gasteiger partial charge in [0.15, 0.2) is 5.16 Å². The predicted octanol–water partition coefficient (Wildman–Crippen LogP) is 8.39. The molecule has 0 radical (unpaired) electrons. The average Bonchev–Trinajstić information content (AvgIpc) is 3.45. The van der Waals surface area contributed by atoms with Crippen LogP contribution in [0.4, 0.5) is 8.78 Å². The zero-order valence-electron chi connectivity index (χ0n) is 26.9. The van der Waals surface area contributed by atoms with E-state index in [9.17, 15) is 9.18 Å². The van der Waals surface area contributed by atoms with E-state index in [-0.39, 0.29) is 33.6 Å². The van der Waals surface area contributed by atoms with Gasteiger partial charge in [-0.25, -0.2) is 13.8 Å². The number of carbonyl (C=O) groups excluding carboxylic acids is 1. The zero-order chi connectivity index (χ0) is 33.4. The SMILES string of the molecule is COc1cc(C(C)(C)c2cnc(SCc3c(F)cc(C(=O)N4CCC([N+](C)(C)C)CC4)cc3Cl)n2-c2ccc(F)cc2)ccc1Cl. The number of hydrogen-bond donors (Lipinski definition) is 0. The van der Waals surface area contributed by atoms with E-state index in [0.717, 1.165) is 28.6 Å². The van der Waals surface area contributed by atoms with Gasteiger partial charge >= 0.3 is 0 Å².